The predicted molar refractivity (Wildman–Crippen MR) is 32.9 cm³/mol. The monoisotopic (exact) mass is 167 g/mol. The molecule has 0 unspecified atom stereocenters. The van der Waals surface area contributed by atoms with Crippen molar-refractivity contribution < 1.29 is 44.3 Å². The first-order valence-electron chi connectivity index (χ1n) is 3.07. The molecule has 58 valence electrons. The molecule has 0 bridgehead atoms. The Bertz CT molecular complexity index is 138. The van der Waals surface area contributed by atoms with E-state index in [0.717, 1.165) is 0 Å². The molecule has 0 aromatic carbocycles. The first-order valence-corrected chi connectivity index (χ1v) is 3.07. The Morgan fingerprint density at radius 2 is 1.91 bits per heavy atom. The van der Waals surface area contributed by atoms with Crippen molar-refractivity contribution in [3.05, 3.63) is 0 Å². The average Bonchev–Trinajstić information content (AvgIpc) is 1.87. The second-order valence-electron chi connectivity index (χ2n) is 1.90. The van der Waals surface area contributed by atoms with Gasteiger partial charge in [-0.25, -0.2) is 0 Å². The summed E-state index contributed by atoms with van der Waals surface area (Å²) in [5.74, 6) is -1.25. The molecule has 0 radical (unpaired) electrons. The van der Waals surface area contributed by atoms with Gasteiger partial charge in [-0.15, -0.1) is 0 Å². The van der Waals surface area contributed by atoms with Crippen molar-refractivity contribution in [3.8, 4) is 0 Å². The second kappa shape index (κ2) is 8.04. The minimum atomic E-state index is -1.11. The molecular weight excluding hydrogens is 157 g/mol. The predicted octanol–water partition coefficient (Wildman–Crippen LogP) is -4.34. The van der Waals surface area contributed by atoms with Crippen LogP contribution in [-0.4, -0.2) is 18.9 Å². The molecule has 0 atom stereocenters. The second-order valence-corrected chi connectivity index (χ2v) is 1.90. The summed E-state index contributed by atoms with van der Waals surface area (Å²) in [6.45, 7) is 0. The number of aliphatic carboxylic acids is 1. The van der Waals surface area contributed by atoms with E-state index in [9.17, 15) is 14.7 Å². The zero-order chi connectivity index (χ0) is 7.98. The number of hydrogen-bond acceptors (Lipinski definition) is 3. The van der Waals surface area contributed by atoms with Crippen molar-refractivity contribution in [2.75, 3.05) is 7.05 Å². The maximum atomic E-state index is 10.5. The largest absolute Gasteiger partial charge is 1.00 e. The zero-order valence-corrected chi connectivity index (χ0v) is 8.85. The summed E-state index contributed by atoms with van der Waals surface area (Å²) in [7, 11) is 1.52. The Labute approximate surface area is 87.6 Å². The van der Waals surface area contributed by atoms with Gasteiger partial charge in [-0.1, -0.05) is 0 Å². The summed E-state index contributed by atoms with van der Waals surface area (Å²) < 4.78 is 0. The number of carboxylic acids is 1. The van der Waals surface area contributed by atoms with Gasteiger partial charge in [-0.05, 0) is 12.8 Å². The van der Waals surface area contributed by atoms with Gasteiger partial charge in [0, 0.05) is 19.4 Å². The molecule has 11 heavy (non-hydrogen) atoms. The van der Waals surface area contributed by atoms with E-state index in [1.807, 2.05) is 0 Å². The third kappa shape index (κ3) is 9.94. The molecule has 0 fully saturated rings. The average molecular weight is 167 g/mol. The maximum Gasteiger partial charge on any atom is 1.00 e. The Hall–Kier alpha value is -0.0600. The van der Waals surface area contributed by atoms with Crippen LogP contribution in [0.1, 0.15) is 19.3 Å². The Morgan fingerprint density at radius 3 is 2.27 bits per heavy atom. The standard InChI is InChI=1S/C6H11NO3.Na/c1-7-5(8)3-2-4-6(9)10;/h2-4H2,1H3,(H,7,8)(H,9,10);/q;+1/p-1. The number of amides is 1. The molecule has 0 saturated heterocycles. The quantitative estimate of drug-likeness (QED) is 0.430. The first-order chi connectivity index (χ1) is 4.66. The van der Waals surface area contributed by atoms with E-state index in [-0.39, 0.29) is 48.3 Å². The van der Waals surface area contributed by atoms with Crippen LogP contribution in [0.5, 0.6) is 0 Å². The number of carbonyl (C=O) groups is 2. The molecule has 0 aliphatic rings. The Kier molecular flexibility index (Phi) is 9.89. The van der Waals surface area contributed by atoms with Gasteiger partial charge in [0.15, 0.2) is 0 Å². The van der Waals surface area contributed by atoms with Gasteiger partial charge in [0.05, 0.1) is 0 Å². The molecule has 0 saturated carbocycles. The van der Waals surface area contributed by atoms with Crippen LogP contribution in [-0.2, 0) is 9.59 Å². The molecule has 5 heteroatoms. The van der Waals surface area contributed by atoms with Crippen molar-refractivity contribution in [3.63, 3.8) is 0 Å². The maximum absolute atomic E-state index is 10.5. The number of carbonyl (C=O) groups excluding carboxylic acids is 2. The van der Waals surface area contributed by atoms with Crippen LogP contribution in [0, 0.1) is 0 Å². The minimum absolute atomic E-state index is 0. The summed E-state index contributed by atoms with van der Waals surface area (Å²) in [5.41, 5.74) is 0. The third-order valence-corrected chi connectivity index (χ3v) is 1.06. The number of rotatable bonds is 4. The fraction of sp³-hybridized carbons (Fsp3) is 0.667. The molecule has 4 nitrogen and oxygen atoms in total. The van der Waals surface area contributed by atoms with E-state index in [1.165, 1.54) is 7.05 Å². The molecule has 1 N–H and O–H groups in total. The SMILES string of the molecule is CNC(=O)CCCC(=O)[O-].[Na+]. The molecule has 0 heterocycles. The number of carboxylic acid groups (broad SMARTS) is 1. The van der Waals surface area contributed by atoms with Gasteiger partial charge in [0.2, 0.25) is 5.91 Å². The van der Waals surface area contributed by atoms with Crippen molar-refractivity contribution in [1.82, 2.24) is 5.32 Å². The summed E-state index contributed by atoms with van der Waals surface area (Å²) in [6.07, 6.45) is 0.555. The molecule has 0 spiro atoms. The fourth-order valence-corrected chi connectivity index (χ4v) is 0.518. The van der Waals surface area contributed by atoms with Crippen LogP contribution in [0.4, 0.5) is 0 Å². The van der Waals surface area contributed by atoms with Crippen LogP contribution in [0.25, 0.3) is 0 Å². The number of nitrogens with one attached hydrogen (secondary N) is 1. The van der Waals surface area contributed by atoms with Crippen LogP contribution in [0.3, 0.4) is 0 Å². The topological polar surface area (TPSA) is 69.2 Å². The molecule has 0 rings (SSSR count). The fourth-order valence-electron chi connectivity index (χ4n) is 0.518. The van der Waals surface area contributed by atoms with E-state index in [1.54, 1.807) is 0 Å². The van der Waals surface area contributed by atoms with E-state index < -0.39 is 5.97 Å². The normalized spacial score (nSPS) is 8.09. The van der Waals surface area contributed by atoms with Gasteiger partial charge in [0.25, 0.3) is 0 Å². The van der Waals surface area contributed by atoms with E-state index in [0.29, 0.717) is 6.42 Å². The van der Waals surface area contributed by atoms with Gasteiger partial charge >= 0.3 is 29.6 Å². The first kappa shape index (κ1) is 13.5. The minimum Gasteiger partial charge on any atom is -0.550 e. The van der Waals surface area contributed by atoms with E-state index in [2.05, 4.69) is 5.32 Å². The Morgan fingerprint density at radius 1 is 1.36 bits per heavy atom. The molecule has 0 aliphatic heterocycles. The molecule has 0 aromatic heterocycles. The van der Waals surface area contributed by atoms with Gasteiger partial charge in [-0.3, -0.25) is 4.79 Å². The van der Waals surface area contributed by atoms with Crippen LogP contribution in [0.2, 0.25) is 0 Å². The smallest absolute Gasteiger partial charge is 0.550 e. The van der Waals surface area contributed by atoms with Gasteiger partial charge in [-0.2, -0.15) is 0 Å². The van der Waals surface area contributed by atoms with Crippen LogP contribution in [0.15, 0.2) is 0 Å². The van der Waals surface area contributed by atoms with Crippen molar-refractivity contribution in [2.45, 2.75) is 19.3 Å². The van der Waals surface area contributed by atoms with E-state index in [4.69, 9.17) is 0 Å². The third-order valence-electron chi connectivity index (χ3n) is 1.06. The number of hydrogen-bond donors (Lipinski definition) is 1. The molecule has 0 aliphatic carbocycles. The summed E-state index contributed by atoms with van der Waals surface area (Å²) in [4.78, 5) is 20.3. The van der Waals surface area contributed by atoms with Crippen LogP contribution >= 0.6 is 0 Å². The van der Waals surface area contributed by atoms with Crippen molar-refractivity contribution >= 4 is 11.9 Å². The van der Waals surface area contributed by atoms with Crippen LogP contribution < -0.4 is 40.0 Å². The summed E-state index contributed by atoms with van der Waals surface area (Å²) in [5, 5.41) is 12.2. The van der Waals surface area contributed by atoms with Crippen molar-refractivity contribution in [1.29, 1.82) is 0 Å². The van der Waals surface area contributed by atoms with Gasteiger partial charge < -0.3 is 15.2 Å². The Balaban J connectivity index is 0. The molecule has 1 amide bonds. The molecule has 0 aromatic rings. The van der Waals surface area contributed by atoms with Crippen molar-refractivity contribution in [2.24, 2.45) is 0 Å². The molecular formula is C6H10NNaO3. The summed E-state index contributed by atoms with van der Waals surface area (Å²) >= 11 is 0. The van der Waals surface area contributed by atoms with Gasteiger partial charge in [0.1, 0.15) is 0 Å². The summed E-state index contributed by atoms with van der Waals surface area (Å²) in [6, 6.07) is 0. The van der Waals surface area contributed by atoms with E-state index >= 15 is 0 Å². The zero-order valence-electron chi connectivity index (χ0n) is 6.85.